The third kappa shape index (κ3) is 3.43. The van der Waals surface area contributed by atoms with Crippen molar-refractivity contribution in [1.82, 2.24) is 4.90 Å². The van der Waals surface area contributed by atoms with Gasteiger partial charge in [-0.25, -0.2) is 9.98 Å². The molecule has 0 aliphatic carbocycles. The van der Waals surface area contributed by atoms with Crippen LogP contribution in [0.4, 0.5) is 0 Å². The van der Waals surface area contributed by atoms with Crippen LogP contribution in [0.25, 0.3) is 5.57 Å². The zero-order chi connectivity index (χ0) is 18.0. The van der Waals surface area contributed by atoms with E-state index in [9.17, 15) is 4.79 Å². The van der Waals surface area contributed by atoms with Crippen molar-refractivity contribution in [2.45, 2.75) is 13.8 Å². The Morgan fingerprint density at radius 3 is 2.44 bits per heavy atom. The molecule has 0 fully saturated rings. The first-order valence-electron chi connectivity index (χ1n) is 8.19. The summed E-state index contributed by atoms with van der Waals surface area (Å²) in [6.45, 7) is 3.88. The lowest BCUT2D eigenvalue weighted by molar-refractivity contribution is 0.105. The summed E-state index contributed by atoms with van der Waals surface area (Å²) >= 11 is 0. The molecule has 1 aliphatic heterocycles. The van der Waals surface area contributed by atoms with Crippen molar-refractivity contribution in [1.29, 1.82) is 0 Å². The second kappa shape index (κ2) is 6.85. The first-order valence-corrected chi connectivity index (χ1v) is 8.19. The molecule has 4 nitrogen and oxygen atoms in total. The van der Waals surface area contributed by atoms with Gasteiger partial charge in [0, 0.05) is 31.4 Å². The lowest BCUT2D eigenvalue weighted by atomic mass is 9.92. The SMILES string of the molecule is CC1=C(/c2cccc(C)c2)C(=O)c2ccccc2/C=N/C(N(C)C)=N\1. The molecule has 25 heavy (non-hydrogen) atoms. The number of allylic oxidation sites excluding steroid dienone is 2. The smallest absolute Gasteiger partial charge is 0.225 e. The number of Topliss-reactive ketones (excluding diaryl/α,β-unsaturated/α-hetero) is 1. The van der Waals surface area contributed by atoms with E-state index in [1.165, 1.54) is 0 Å². The fourth-order valence-electron chi connectivity index (χ4n) is 2.83. The van der Waals surface area contributed by atoms with Crippen molar-refractivity contribution in [3.63, 3.8) is 0 Å². The fraction of sp³-hybridized carbons (Fsp3) is 0.190. The van der Waals surface area contributed by atoms with Crippen LogP contribution in [0, 0.1) is 6.92 Å². The maximum absolute atomic E-state index is 13.3. The number of aliphatic imine (C=N–C) groups is 2. The predicted octanol–water partition coefficient (Wildman–Crippen LogP) is 3.96. The van der Waals surface area contributed by atoms with Crippen molar-refractivity contribution < 1.29 is 4.79 Å². The molecular weight excluding hydrogens is 310 g/mol. The van der Waals surface area contributed by atoms with Crippen LogP contribution in [-0.4, -0.2) is 37.0 Å². The monoisotopic (exact) mass is 331 g/mol. The average Bonchev–Trinajstić information content (AvgIpc) is 2.63. The molecule has 0 N–H and O–H groups in total. The van der Waals surface area contributed by atoms with Crippen molar-refractivity contribution in [3.8, 4) is 0 Å². The molecule has 0 saturated carbocycles. The first-order chi connectivity index (χ1) is 12.0. The highest BCUT2D eigenvalue weighted by Crippen LogP contribution is 2.27. The number of carbonyl (C=O) groups excluding carboxylic acids is 1. The molecule has 0 saturated heterocycles. The quantitative estimate of drug-likeness (QED) is 0.794. The molecule has 1 heterocycles. The molecule has 0 bridgehead atoms. The van der Waals surface area contributed by atoms with E-state index in [1.807, 2.05) is 81.4 Å². The van der Waals surface area contributed by atoms with Crippen molar-refractivity contribution >= 4 is 23.5 Å². The van der Waals surface area contributed by atoms with Gasteiger partial charge in [0.2, 0.25) is 5.96 Å². The lowest BCUT2D eigenvalue weighted by Crippen LogP contribution is -2.20. The Hall–Kier alpha value is -3.01. The summed E-state index contributed by atoms with van der Waals surface area (Å²) in [6, 6.07) is 15.5. The molecule has 4 heteroatoms. The van der Waals surface area contributed by atoms with Gasteiger partial charge in [0.25, 0.3) is 0 Å². The topological polar surface area (TPSA) is 45.0 Å². The van der Waals surface area contributed by atoms with E-state index in [4.69, 9.17) is 0 Å². The highest BCUT2D eigenvalue weighted by Gasteiger charge is 2.21. The first kappa shape index (κ1) is 16.8. The van der Waals surface area contributed by atoms with Crippen molar-refractivity contribution in [3.05, 3.63) is 76.5 Å². The van der Waals surface area contributed by atoms with Crippen LogP contribution in [0.15, 0.2) is 64.2 Å². The predicted molar refractivity (Wildman–Crippen MR) is 103 cm³/mol. The van der Waals surface area contributed by atoms with Gasteiger partial charge in [-0.05, 0) is 19.4 Å². The van der Waals surface area contributed by atoms with Crippen LogP contribution < -0.4 is 0 Å². The number of hydrogen-bond donors (Lipinski definition) is 0. The molecule has 0 atom stereocenters. The summed E-state index contributed by atoms with van der Waals surface area (Å²) in [5.74, 6) is 0.529. The van der Waals surface area contributed by atoms with E-state index in [-0.39, 0.29) is 5.78 Å². The van der Waals surface area contributed by atoms with Crippen LogP contribution >= 0.6 is 0 Å². The van der Waals surface area contributed by atoms with E-state index in [0.29, 0.717) is 22.8 Å². The van der Waals surface area contributed by atoms with Gasteiger partial charge in [0.1, 0.15) is 0 Å². The number of rotatable bonds is 1. The van der Waals surface area contributed by atoms with E-state index in [2.05, 4.69) is 9.98 Å². The third-order valence-corrected chi connectivity index (χ3v) is 4.09. The standard InChI is InChI=1S/C21H21N3O/c1-14-8-7-10-16(12-14)19-15(2)23-21(24(3)4)22-13-17-9-5-6-11-18(17)20(19)25/h5-13H,1-4H3/b19-15+,22-13+,23-21+. The summed E-state index contributed by atoms with van der Waals surface area (Å²) in [5, 5.41) is 0. The molecule has 0 radical (unpaired) electrons. The Morgan fingerprint density at radius 1 is 0.960 bits per heavy atom. The highest BCUT2D eigenvalue weighted by molar-refractivity contribution is 6.31. The summed E-state index contributed by atoms with van der Waals surface area (Å²) in [6.07, 6.45) is 1.71. The fourth-order valence-corrected chi connectivity index (χ4v) is 2.83. The molecule has 3 rings (SSSR count). The van der Waals surface area contributed by atoms with E-state index >= 15 is 0 Å². The molecular formula is C21H21N3O. The molecule has 1 aliphatic rings. The van der Waals surface area contributed by atoms with Gasteiger partial charge in [-0.3, -0.25) is 4.79 Å². The van der Waals surface area contributed by atoms with Crippen molar-refractivity contribution in [2.24, 2.45) is 9.98 Å². The summed E-state index contributed by atoms with van der Waals surface area (Å²) in [4.78, 5) is 24.3. The number of aryl methyl sites for hydroxylation is 1. The van der Waals surface area contributed by atoms with Crippen LogP contribution in [0.3, 0.4) is 0 Å². The van der Waals surface area contributed by atoms with Gasteiger partial charge >= 0.3 is 0 Å². The second-order valence-corrected chi connectivity index (χ2v) is 6.31. The maximum Gasteiger partial charge on any atom is 0.225 e. The Labute approximate surface area is 148 Å². The minimum Gasteiger partial charge on any atom is -0.347 e. The van der Waals surface area contributed by atoms with Crippen LogP contribution in [-0.2, 0) is 0 Å². The molecule has 0 aromatic heterocycles. The number of fused-ring (bicyclic) bond motifs is 1. The van der Waals surface area contributed by atoms with E-state index < -0.39 is 0 Å². The van der Waals surface area contributed by atoms with Gasteiger partial charge in [-0.2, -0.15) is 0 Å². The molecule has 2 aromatic carbocycles. The van der Waals surface area contributed by atoms with E-state index in [1.54, 1.807) is 6.21 Å². The zero-order valence-electron chi connectivity index (χ0n) is 14.9. The Morgan fingerprint density at radius 2 is 1.72 bits per heavy atom. The van der Waals surface area contributed by atoms with Gasteiger partial charge in [-0.1, -0.05) is 54.1 Å². The number of benzene rings is 2. The van der Waals surface area contributed by atoms with Crippen LogP contribution in [0.5, 0.6) is 0 Å². The number of nitrogens with zero attached hydrogens (tertiary/aromatic N) is 3. The lowest BCUT2D eigenvalue weighted by Gasteiger charge is -2.13. The van der Waals surface area contributed by atoms with Crippen molar-refractivity contribution in [2.75, 3.05) is 14.1 Å². The number of ketones is 1. The van der Waals surface area contributed by atoms with Crippen LogP contribution in [0.1, 0.15) is 34.0 Å². The largest absolute Gasteiger partial charge is 0.347 e. The molecule has 0 spiro atoms. The zero-order valence-corrected chi connectivity index (χ0v) is 14.9. The molecule has 2 aromatic rings. The molecule has 0 amide bonds. The number of carbonyl (C=O) groups is 1. The molecule has 0 unspecified atom stereocenters. The third-order valence-electron chi connectivity index (χ3n) is 4.09. The normalized spacial score (nSPS) is 20.6. The average molecular weight is 331 g/mol. The highest BCUT2D eigenvalue weighted by atomic mass is 16.1. The number of hydrogen-bond acceptors (Lipinski definition) is 4. The Bertz CT molecular complexity index is 920. The second-order valence-electron chi connectivity index (χ2n) is 6.31. The minimum absolute atomic E-state index is 0.0334. The van der Waals surface area contributed by atoms with Gasteiger partial charge in [-0.15, -0.1) is 0 Å². The summed E-state index contributed by atoms with van der Waals surface area (Å²) in [5.41, 5.74) is 4.68. The van der Waals surface area contributed by atoms with E-state index in [0.717, 1.165) is 16.7 Å². The minimum atomic E-state index is -0.0334. The van der Waals surface area contributed by atoms with Gasteiger partial charge in [0.05, 0.1) is 11.3 Å². The Kier molecular flexibility index (Phi) is 4.61. The van der Waals surface area contributed by atoms with Crippen LogP contribution in [0.2, 0.25) is 0 Å². The Balaban J connectivity index is 2.31. The summed E-state index contributed by atoms with van der Waals surface area (Å²) in [7, 11) is 3.78. The summed E-state index contributed by atoms with van der Waals surface area (Å²) < 4.78 is 0. The number of guanidine groups is 1. The van der Waals surface area contributed by atoms with Gasteiger partial charge in [0.15, 0.2) is 5.78 Å². The maximum atomic E-state index is 13.3. The van der Waals surface area contributed by atoms with Gasteiger partial charge < -0.3 is 4.90 Å². The molecule has 126 valence electrons.